The summed E-state index contributed by atoms with van der Waals surface area (Å²) in [7, 11) is -2.23. The molecule has 0 unspecified atom stereocenters. The third kappa shape index (κ3) is 3.89. The SMILES string of the molecule is CCCCNC(=O)[C@H]1CCCN1S(=O)(=O)c1cc(OC)ccc1C. The second-order valence-electron chi connectivity index (χ2n) is 6.05. The van der Waals surface area contributed by atoms with Gasteiger partial charge in [0, 0.05) is 19.2 Å². The quantitative estimate of drug-likeness (QED) is 0.761. The standard InChI is InChI=1S/C17H26N2O4S/c1-4-5-10-18-17(20)15-7-6-11-19(15)24(21,22)16-12-14(23-3)9-8-13(16)2/h8-9,12,15H,4-7,10-11H2,1-3H3,(H,18,20)/t15-/m1/s1. The molecule has 1 aliphatic rings. The van der Waals surface area contributed by atoms with Crippen molar-refractivity contribution in [3.05, 3.63) is 23.8 Å². The molecule has 1 saturated heterocycles. The number of ether oxygens (including phenoxy) is 1. The lowest BCUT2D eigenvalue weighted by molar-refractivity contribution is -0.124. The van der Waals surface area contributed by atoms with E-state index < -0.39 is 16.1 Å². The van der Waals surface area contributed by atoms with Crippen LogP contribution in [0.3, 0.4) is 0 Å². The largest absolute Gasteiger partial charge is 0.497 e. The van der Waals surface area contributed by atoms with E-state index >= 15 is 0 Å². The van der Waals surface area contributed by atoms with Crippen LogP contribution < -0.4 is 10.1 Å². The number of sulfonamides is 1. The predicted molar refractivity (Wildman–Crippen MR) is 92.6 cm³/mol. The molecule has 1 aromatic carbocycles. The number of nitrogens with one attached hydrogen (secondary N) is 1. The predicted octanol–water partition coefficient (Wildman–Crippen LogP) is 2.07. The van der Waals surface area contributed by atoms with Crippen LogP contribution in [-0.2, 0) is 14.8 Å². The molecule has 24 heavy (non-hydrogen) atoms. The van der Waals surface area contributed by atoms with Crippen molar-refractivity contribution in [3.8, 4) is 5.75 Å². The fraction of sp³-hybridized carbons (Fsp3) is 0.588. The summed E-state index contributed by atoms with van der Waals surface area (Å²) in [6.45, 7) is 4.74. The molecule has 1 aromatic rings. The van der Waals surface area contributed by atoms with Crippen LogP contribution >= 0.6 is 0 Å². The molecular formula is C17H26N2O4S. The maximum Gasteiger partial charge on any atom is 0.244 e. The highest BCUT2D eigenvalue weighted by atomic mass is 32.2. The lowest BCUT2D eigenvalue weighted by atomic mass is 10.2. The minimum atomic E-state index is -3.73. The van der Waals surface area contributed by atoms with Crippen molar-refractivity contribution in [3.63, 3.8) is 0 Å². The van der Waals surface area contributed by atoms with Crippen molar-refractivity contribution >= 4 is 15.9 Å². The minimum Gasteiger partial charge on any atom is -0.497 e. The maximum absolute atomic E-state index is 13.1. The van der Waals surface area contributed by atoms with Crippen molar-refractivity contribution in [2.24, 2.45) is 0 Å². The highest BCUT2D eigenvalue weighted by molar-refractivity contribution is 7.89. The summed E-state index contributed by atoms with van der Waals surface area (Å²) >= 11 is 0. The van der Waals surface area contributed by atoms with E-state index in [0.717, 1.165) is 12.8 Å². The Labute approximate surface area is 144 Å². The minimum absolute atomic E-state index is 0.204. The first-order chi connectivity index (χ1) is 11.4. The van der Waals surface area contributed by atoms with Crippen LogP contribution in [0.4, 0.5) is 0 Å². The molecule has 1 atom stereocenters. The van der Waals surface area contributed by atoms with Crippen molar-refractivity contribution in [2.45, 2.75) is 50.5 Å². The Kier molecular flexibility index (Phi) is 6.23. The Balaban J connectivity index is 2.26. The number of aryl methyl sites for hydroxylation is 1. The van der Waals surface area contributed by atoms with Gasteiger partial charge in [0.05, 0.1) is 12.0 Å². The van der Waals surface area contributed by atoms with Crippen LogP contribution in [0.25, 0.3) is 0 Å². The number of carbonyl (C=O) groups is 1. The van der Waals surface area contributed by atoms with Crippen molar-refractivity contribution in [1.82, 2.24) is 9.62 Å². The number of hydrogen-bond acceptors (Lipinski definition) is 4. The molecular weight excluding hydrogens is 328 g/mol. The Morgan fingerprint density at radius 3 is 2.83 bits per heavy atom. The topological polar surface area (TPSA) is 75.7 Å². The summed E-state index contributed by atoms with van der Waals surface area (Å²) in [5.74, 6) is 0.285. The van der Waals surface area contributed by atoms with E-state index in [-0.39, 0.29) is 10.8 Å². The molecule has 1 amide bonds. The maximum atomic E-state index is 13.1. The number of rotatable bonds is 7. The first kappa shape index (κ1) is 18.7. The monoisotopic (exact) mass is 354 g/mol. The van der Waals surface area contributed by atoms with E-state index in [2.05, 4.69) is 5.32 Å². The van der Waals surface area contributed by atoms with Crippen LogP contribution in [0.15, 0.2) is 23.1 Å². The van der Waals surface area contributed by atoms with Gasteiger partial charge in [0.25, 0.3) is 0 Å². The second kappa shape index (κ2) is 7.98. The van der Waals surface area contributed by atoms with Gasteiger partial charge in [-0.05, 0) is 37.8 Å². The highest BCUT2D eigenvalue weighted by Gasteiger charge is 2.39. The van der Waals surface area contributed by atoms with Gasteiger partial charge in [-0.1, -0.05) is 19.4 Å². The van der Waals surface area contributed by atoms with Gasteiger partial charge in [0.2, 0.25) is 15.9 Å². The van der Waals surface area contributed by atoms with Crippen molar-refractivity contribution < 1.29 is 17.9 Å². The van der Waals surface area contributed by atoms with E-state index in [0.29, 0.717) is 37.2 Å². The summed E-state index contributed by atoms with van der Waals surface area (Å²) in [5.41, 5.74) is 0.646. The number of methoxy groups -OCH3 is 1. The van der Waals surface area contributed by atoms with E-state index in [1.807, 2.05) is 6.92 Å². The highest BCUT2D eigenvalue weighted by Crippen LogP contribution is 2.30. The first-order valence-electron chi connectivity index (χ1n) is 8.36. The van der Waals surface area contributed by atoms with E-state index in [1.54, 1.807) is 19.1 Å². The molecule has 0 saturated carbocycles. The van der Waals surface area contributed by atoms with Crippen molar-refractivity contribution in [1.29, 1.82) is 0 Å². The lowest BCUT2D eigenvalue weighted by Gasteiger charge is -2.24. The van der Waals surface area contributed by atoms with Crippen LogP contribution in [0, 0.1) is 6.92 Å². The Morgan fingerprint density at radius 1 is 1.42 bits per heavy atom. The Bertz CT molecular complexity index is 688. The summed E-state index contributed by atoms with van der Waals surface area (Å²) in [6.07, 6.45) is 3.12. The number of benzene rings is 1. The van der Waals surface area contributed by atoms with Gasteiger partial charge in [0.15, 0.2) is 0 Å². The number of nitrogens with zero attached hydrogens (tertiary/aromatic N) is 1. The summed E-state index contributed by atoms with van der Waals surface area (Å²) in [5, 5.41) is 2.85. The molecule has 2 rings (SSSR count). The number of amides is 1. The zero-order chi connectivity index (χ0) is 17.7. The molecule has 7 heteroatoms. The molecule has 1 heterocycles. The van der Waals surface area contributed by atoms with Gasteiger partial charge in [0.1, 0.15) is 11.8 Å². The first-order valence-corrected chi connectivity index (χ1v) is 9.80. The summed E-state index contributed by atoms with van der Waals surface area (Å²) in [4.78, 5) is 12.6. The molecule has 1 N–H and O–H groups in total. The van der Waals surface area contributed by atoms with Crippen LogP contribution in [0.5, 0.6) is 5.75 Å². The van der Waals surface area contributed by atoms with Crippen LogP contribution in [0.1, 0.15) is 38.2 Å². The van der Waals surface area contributed by atoms with Gasteiger partial charge in [-0.15, -0.1) is 0 Å². The van der Waals surface area contributed by atoms with E-state index in [9.17, 15) is 13.2 Å². The fourth-order valence-electron chi connectivity index (χ4n) is 2.91. The van der Waals surface area contributed by atoms with Crippen molar-refractivity contribution in [2.75, 3.05) is 20.2 Å². The molecule has 0 radical (unpaired) electrons. The van der Waals surface area contributed by atoms with E-state index in [1.165, 1.54) is 17.5 Å². The summed E-state index contributed by atoms with van der Waals surface area (Å²) < 4.78 is 32.6. The van der Waals surface area contributed by atoms with Gasteiger partial charge in [-0.2, -0.15) is 4.31 Å². The third-order valence-corrected chi connectivity index (χ3v) is 6.37. The number of hydrogen-bond donors (Lipinski definition) is 1. The van der Waals surface area contributed by atoms with Gasteiger partial charge >= 0.3 is 0 Å². The smallest absolute Gasteiger partial charge is 0.244 e. The molecule has 0 spiro atoms. The lowest BCUT2D eigenvalue weighted by Crippen LogP contribution is -2.46. The van der Waals surface area contributed by atoms with E-state index in [4.69, 9.17) is 4.74 Å². The average molecular weight is 354 g/mol. The molecule has 6 nitrogen and oxygen atoms in total. The molecule has 134 valence electrons. The zero-order valence-corrected chi connectivity index (χ0v) is 15.4. The van der Waals surface area contributed by atoms with Crippen LogP contribution in [0.2, 0.25) is 0 Å². The molecule has 0 bridgehead atoms. The third-order valence-electron chi connectivity index (χ3n) is 4.32. The number of carbonyl (C=O) groups excluding carboxylic acids is 1. The van der Waals surface area contributed by atoms with Gasteiger partial charge in [-0.25, -0.2) is 8.42 Å². The molecule has 1 fully saturated rings. The molecule has 1 aliphatic heterocycles. The second-order valence-corrected chi connectivity index (χ2v) is 7.91. The van der Waals surface area contributed by atoms with Gasteiger partial charge < -0.3 is 10.1 Å². The van der Waals surface area contributed by atoms with Crippen LogP contribution in [-0.4, -0.2) is 44.9 Å². The molecule has 0 aromatic heterocycles. The Morgan fingerprint density at radius 2 is 2.17 bits per heavy atom. The summed E-state index contributed by atoms with van der Waals surface area (Å²) in [6, 6.07) is 4.35. The van der Waals surface area contributed by atoms with Gasteiger partial charge in [-0.3, -0.25) is 4.79 Å². The zero-order valence-electron chi connectivity index (χ0n) is 14.5. The normalized spacial score (nSPS) is 18.5. The fourth-order valence-corrected chi connectivity index (χ4v) is 4.81. The average Bonchev–Trinajstić information content (AvgIpc) is 3.06. The molecule has 0 aliphatic carbocycles. The Hall–Kier alpha value is -1.60. The number of unbranched alkanes of at least 4 members (excludes halogenated alkanes) is 1.